The summed E-state index contributed by atoms with van der Waals surface area (Å²) in [6, 6.07) is 0.220. The molecular weight excluding hydrogens is 296 g/mol. The molecule has 1 heterocycles. The number of methoxy groups -OCH3 is 1. The highest BCUT2D eigenvalue weighted by molar-refractivity contribution is 5.79. The SMILES string of the molecule is COC(=O)C(C)(C)NC(C)CC1CCCN1C(=O)OC(C)(C)C. The van der Waals surface area contributed by atoms with Gasteiger partial charge in [0.2, 0.25) is 0 Å². The van der Waals surface area contributed by atoms with Gasteiger partial charge in [-0.15, -0.1) is 0 Å². The Morgan fingerprint density at radius 1 is 1.26 bits per heavy atom. The Kier molecular flexibility index (Phi) is 6.45. The van der Waals surface area contributed by atoms with Gasteiger partial charge in [0.1, 0.15) is 11.1 Å². The molecule has 1 aliphatic rings. The molecule has 6 nitrogen and oxygen atoms in total. The van der Waals surface area contributed by atoms with Crippen LogP contribution in [0.25, 0.3) is 0 Å². The highest BCUT2D eigenvalue weighted by Gasteiger charge is 2.35. The van der Waals surface area contributed by atoms with E-state index in [2.05, 4.69) is 5.32 Å². The third kappa shape index (κ3) is 6.01. The molecule has 0 bridgehead atoms. The molecule has 0 aliphatic carbocycles. The van der Waals surface area contributed by atoms with E-state index in [9.17, 15) is 9.59 Å². The summed E-state index contributed by atoms with van der Waals surface area (Å²) >= 11 is 0. The van der Waals surface area contributed by atoms with Crippen LogP contribution in [0.1, 0.15) is 60.8 Å². The van der Waals surface area contributed by atoms with Gasteiger partial charge < -0.3 is 14.4 Å². The van der Waals surface area contributed by atoms with Gasteiger partial charge in [0.15, 0.2) is 0 Å². The maximum atomic E-state index is 12.3. The summed E-state index contributed by atoms with van der Waals surface area (Å²) in [7, 11) is 1.39. The molecule has 6 heteroatoms. The monoisotopic (exact) mass is 328 g/mol. The number of nitrogens with zero attached hydrogens (tertiary/aromatic N) is 1. The molecular formula is C17H32N2O4. The number of ether oxygens (including phenoxy) is 2. The molecule has 2 atom stereocenters. The lowest BCUT2D eigenvalue weighted by atomic mass is 10.0. The second kappa shape index (κ2) is 7.51. The summed E-state index contributed by atoms with van der Waals surface area (Å²) in [6.07, 6.45) is 2.47. The predicted octanol–water partition coefficient (Wildman–Crippen LogP) is 2.71. The Morgan fingerprint density at radius 3 is 2.39 bits per heavy atom. The van der Waals surface area contributed by atoms with Gasteiger partial charge in [0.05, 0.1) is 7.11 Å². The van der Waals surface area contributed by atoms with Gasteiger partial charge in [-0.1, -0.05) is 0 Å². The number of likely N-dealkylation sites (tertiary alicyclic amines) is 1. The molecule has 23 heavy (non-hydrogen) atoms. The van der Waals surface area contributed by atoms with Crippen LogP contribution in [0.2, 0.25) is 0 Å². The minimum absolute atomic E-state index is 0.0807. The van der Waals surface area contributed by atoms with E-state index >= 15 is 0 Å². The highest BCUT2D eigenvalue weighted by atomic mass is 16.6. The third-order valence-corrected chi connectivity index (χ3v) is 3.93. The molecule has 0 spiro atoms. The minimum atomic E-state index is -0.747. The summed E-state index contributed by atoms with van der Waals surface area (Å²) in [4.78, 5) is 25.9. The molecule has 0 saturated carbocycles. The van der Waals surface area contributed by atoms with Crippen LogP contribution in [0, 0.1) is 0 Å². The number of rotatable bonds is 5. The number of hydrogen-bond acceptors (Lipinski definition) is 5. The molecule has 1 amide bonds. The van der Waals surface area contributed by atoms with E-state index < -0.39 is 11.1 Å². The summed E-state index contributed by atoms with van der Waals surface area (Å²) in [5, 5.41) is 3.29. The Hall–Kier alpha value is -1.30. The molecule has 1 N–H and O–H groups in total. The van der Waals surface area contributed by atoms with Crippen molar-refractivity contribution in [2.24, 2.45) is 0 Å². The van der Waals surface area contributed by atoms with E-state index in [-0.39, 0.29) is 24.1 Å². The molecule has 1 rings (SSSR count). The number of esters is 1. The molecule has 134 valence electrons. The quantitative estimate of drug-likeness (QED) is 0.786. The Morgan fingerprint density at radius 2 is 1.87 bits per heavy atom. The Labute approximate surface area is 139 Å². The van der Waals surface area contributed by atoms with Crippen LogP contribution in [0.15, 0.2) is 0 Å². The number of carbonyl (C=O) groups excluding carboxylic acids is 2. The smallest absolute Gasteiger partial charge is 0.410 e. The number of amides is 1. The van der Waals surface area contributed by atoms with Crippen LogP contribution in [0.4, 0.5) is 4.79 Å². The first kappa shape index (κ1) is 19.7. The summed E-state index contributed by atoms with van der Waals surface area (Å²) in [5.41, 5.74) is -1.23. The van der Waals surface area contributed by atoms with Crippen molar-refractivity contribution in [1.29, 1.82) is 0 Å². The van der Waals surface area contributed by atoms with Gasteiger partial charge in [0, 0.05) is 18.6 Å². The van der Waals surface area contributed by atoms with E-state index in [1.165, 1.54) is 7.11 Å². The zero-order valence-electron chi connectivity index (χ0n) is 15.6. The van der Waals surface area contributed by atoms with Crippen molar-refractivity contribution < 1.29 is 19.1 Å². The fraction of sp³-hybridized carbons (Fsp3) is 0.882. The van der Waals surface area contributed by atoms with Gasteiger partial charge in [0.25, 0.3) is 0 Å². The van der Waals surface area contributed by atoms with Gasteiger partial charge in [-0.3, -0.25) is 10.1 Å². The van der Waals surface area contributed by atoms with Crippen molar-refractivity contribution in [2.45, 2.75) is 84.0 Å². The van der Waals surface area contributed by atoms with Crippen molar-refractivity contribution in [3.05, 3.63) is 0 Å². The number of nitrogens with one attached hydrogen (secondary N) is 1. The largest absolute Gasteiger partial charge is 0.468 e. The predicted molar refractivity (Wildman–Crippen MR) is 89.3 cm³/mol. The van der Waals surface area contributed by atoms with Crippen LogP contribution in [0.3, 0.4) is 0 Å². The average molecular weight is 328 g/mol. The normalized spacial score (nSPS) is 20.3. The Balaban J connectivity index is 2.61. The molecule has 0 radical (unpaired) electrons. The van der Waals surface area contributed by atoms with Crippen molar-refractivity contribution in [3.63, 3.8) is 0 Å². The van der Waals surface area contributed by atoms with Gasteiger partial charge >= 0.3 is 12.1 Å². The second-order valence-electron chi connectivity index (χ2n) is 7.87. The first-order chi connectivity index (χ1) is 10.5. The van der Waals surface area contributed by atoms with Crippen molar-refractivity contribution >= 4 is 12.1 Å². The zero-order valence-corrected chi connectivity index (χ0v) is 15.6. The maximum absolute atomic E-state index is 12.3. The number of carbonyl (C=O) groups is 2. The zero-order chi connectivity index (χ0) is 17.8. The standard InChI is InChI=1S/C17H32N2O4/c1-12(18-17(5,6)14(20)22-7)11-13-9-8-10-19(13)15(21)23-16(2,3)4/h12-13,18H,8-11H2,1-7H3. The summed E-state index contributed by atoms with van der Waals surface area (Å²) in [5.74, 6) is -0.292. The summed E-state index contributed by atoms with van der Waals surface area (Å²) in [6.45, 7) is 12.0. The molecule has 0 aromatic rings. The molecule has 0 aromatic heterocycles. The van der Waals surface area contributed by atoms with E-state index in [4.69, 9.17) is 9.47 Å². The lowest BCUT2D eigenvalue weighted by Gasteiger charge is -2.32. The van der Waals surface area contributed by atoms with Gasteiger partial charge in [-0.25, -0.2) is 4.79 Å². The molecule has 1 aliphatic heterocycles. The topological polar surface area (TPSA) is 67.9 Å². The molecule has 1 saturated heterocycles. The van der Waals surface area contributed by atoms with Crippen LogP contribution < -0.4 is 5.32 Å². The lowest BCUT2D eigenvalue weighted by Crippen LogP contribution is -2.52. The van der Waals surface area contributed by atoms with E-state index in [0.29, 0.717) is 0 Å². The van der Waals surface area contributed by atoms with E-state index in [1.807, 2.05) is 32.6 Å². The van der Waals surface area contributed by atoms with Crippen LogP contribution in [-0.2, 0) is 14.3 Å². The van der Waals surface area contributed by atoms with Crippen molar-refractivity contribution in [2.75, 3.05) is 13.7 Å². The third-order valence-electron chi connectivity index (χ3n) is 3.93. The summed E-state index contributed by atoms with van der Waals surface area (Å²) < 4.78 is 10.3. The van der Waals surface area contributed by atoms with Crippen LogP contribution in [0.5, 0.6) is 0 Å². The highest BCUT2D eigenvalue weighted by Crippen LogP contribution is 2.24. The minimum Gasteiger partial charge on any atom is -0.468 e. The van der Waals surface area contributed by atoms with Crippen LogP contribution >= 0.6 is 0 Å². The first-order valence-electron chi connectivity index (χ1n) is 8.32. The molecule has 2 unspecified atom stereocenters. The molecule has 1 fully saturated rings. The average Bonchev–Trinajstić information content (AvgIpc) is 2.82. The fourth-order valence-electron chi connectivity index (χ4n) is 3.04. The van der Waals surface area contributed by atoms with E-state index in [0.717, 1.165) is 25.8 Å². The Bertz CT molecular complexity index is 429. The fourth-order valence-corrected chi connectivity index (χ4v) is 3.04. The van der Waals surface area contributed by atoms with Crippen molar-refractivity contribution in [1.82, 2.24) is 10.2 Å². The van der Waals surface area contributed by atoms with Gasteiger partial charge in [-0.05, 0) is 60.8 Å². The number of hydrogen-bond donors (Lipinski definition) is 1. The lowest BCUT2D eigenvalue weighted by molar-refractivity contribution is -0.147. The second-order valence-corrected chi connectivity index (χ2v) is 7.87. The van der Waals surface area contributed by atoms with Crippen molar-refractivity contribution in [3.8, 4) is 0 Å². The first-order valence-corrected chi connectivity index (χ1v) is 8.32. The van der Waals surface area contributed by atoms with E-state index in [1.54, 1.807) is 13.8 Å². The maximum Gasteiger partial charge on any atom is 0.410 e. The van der Waals surface area contributed by atoms with Crippen LogP contribution in [-0.4, -0.2) is 53.8 Å². The van der Waals surface area contributed by atoms with Gasteiger partial charge in [-0.2, -0.15) is 0 Å². The molecule has 0 aromatic carbocycles.